The monoisotopic (exact) mass is 275 g/mol. The molecule has 19 heavy (non-hydrogen) atoms. The number of fused-ring (bicyclic) bond motifs is 1. The van der Waals surface area contributed by atoms with Crippen LogP contribution in [-0.4, -0.2) is 9.78 Å². The Morgan fingerprint density at radius 3 is 2.79 bits per heavy atom. The summed E-state index contributed by atoms with van der Waals surface area (Å²) in [6.07, 6.45) is 4.07. The molecule has 5 heteroatoms. The first-order chi connectivity index (χ1) is 9.20. The number of hydrogen-bond donors (Lipinski definition) is 0. The number of nitrogens with zero attached hydrogens (tertiary/aromatic N) is 3. The van der Waals surface area contributed by atoms with Crippen LogP contribution < -0.4 is 0 Å². The lowest BCUT2D eigenvalue weighted by Gasteiger charge is -2.08. The topological polar surface area (TPSA) is 41.6 Å². The van der Waals surface area contributed by atoms with Crippen LogP contribution in [0.1, 0.15) is 29.7 Å². The first-order valence-electron chi connectivity index (χ1n) is 6.17. The summed E-state index contributed by atoms with van der Waals surface area (Å²) in [5.74, 6) is -0.551. The number of nitriles is 1. The second-order valence-electron chi connectivity index (χ2n) is 4.61. The van der Waals surface area contributed by atoms with Crippen LogP contribution in [0.5, 0.6) is 0 Å². The van der Waals surface area contributed by atoms with Gasteiger partial charge in [0.25, 0.3) is 0 Å². The minimum absolute atomic E-state index is 0.0248. The molecule has 0 atom stereocenters. The van der Waals surface area contributed by atoms with Crippen molar-refractivity contribution >= 4 is 11.6 Å². The second kappa shape index (κ2) is 4.67. The van der Waals surface area contributed by atoms with Gasteiger partial charge in [-0.15, -0.1) is 0 Å². The van der Waals surface area contributed by atoms with Gasteiger partial charge in [0.2, 0.25) is 0 Å². The number of benzene rings is 1. The third kappa shape index (κ3) is 2.00. The third-order valence-electron chi connectivity index (χ3n) is 3.41. The van der Waals surface area contributed by atoms with E-state index < -0.39 is 5.82 Å². The number of aromatic nitrogens is 2. The molecule has 0 unspecified atom stereocenters. The molecule has 96 valence electrons. The molecule has 1 aromatic carbocycles. The van der Waals surface area contributed by atoms with Crippen molar-refractivity contribution in [2.45, 2.75) is 25.7 Å². The molecular weight excluding hydrogens is 265 g/mol. The maximum absolute atomic E-state index is 13.6. The van der Waals surface area contributed by atoms with E-state index in [-0.39, 0.29) is 5.56 Å². The van der Waals surface area contributed by atoms with Crippen molar-refractivity contribution in [2.75, 3.05) is 0 Å². The highest BCUT2D eigenvalue weighted by molar-refractivity contribution is 6.30. The van der Waals surface area contributed by atoms with Crippen LogP contribution in [0.3, 0.4) is 0 Å². The molecule has 0 aliphatic heterocycles. The molecule has 0 radical (unpaired) electrons. The SMILES string of the molecule is N#Cc1ccc(-n2nc3c(c2Cl)CCCC3)cc1F. The molecular formula is C14H11ClFN3. The third-order valence-corrected chi connectivity index (χ3v) is 3.80. The van der Waals surface area contributed by atoms with Crippen LogP contribution in [-0.2, 0) is 12.8 Å². The first kappa shape index (κ1) is 12.2. The Hall–Kier alpha value is -1.86. The van der Waals surface area contributed by atoms with E-state index in [1.54, 1.807) is 16.8 Å². The van der Waals surface area contributed by atoms with E-state index >= 15 is 0 Å². The normalized spacial score (nSPS) is 13.9. The van der Waals surface area contributed by atoms with Crippen LogP contribution in [0.2, 0.25) is 5.15 Å². The lowest BCUT2D eigenvalue weighted by molar-refractivity contribution is 0.621. The smallest absolute Gasteiger partial charge is 0.143 e. The van der Waals surface area contributed by atoms with Crippen molar-refractivity contribution in [3.63, 3.8) is 0 Å². The van der Waals surface area contributed by atoms with E-state index in [9.17, 15) is 4.39 Å². The summed E-state index contributed by atoms with van der Waals surface area (Å²) in [6, 6.07) is 6.20. The van der Waals surface area contributed by atoms with Gasteiger partial charge in [-0.1, -0.05) is 11.6 Å². The Balaban J connectivity index is 2.10. The largest absolute Gasteiger partial charge is 0.222 e. The standard InChI is InChI=1S/C14H11ClFN3/c15-14-11-3-1-2-4-13(11)18-19(14)10-6-5-9(8-17)12(16)7-10/h5-7H,1-4H2. The molecule has 2 aromatic rings. The van der Waals surface area contributed by atoms with Gasteiger partial charge in [0, 0.05) is 11.6 Å². The highest BCUT2D eigenvalue weighted by Crippen LogP contribution is 2.29. The molecule has 1 aromatic heterocycles. The quantitative estimate of drug-likeness (QED) is 0.800. The zero-order valence-electron chi connectivity index (χ0n) is 10.2. The average Bonchev–Trinajstić information content (AvgIpc) is 2.77. The summed E-state index contributed by atoms with van der Waals surface area (Å²) in [5, 5.41) is 13.7. The van der Waals surface area contributed by atoms with Crippen molar-refractivity contribution in [1.82, 2.24) is 9.78 Å². The molecule has 1 aliphatic rings. The lowest BCUT2D eigenvalue weighted by Crippen LogP contribution is -2.00. The maximum Gasteiger partial charge on any atom is 0.143 e. The highest BCUT2D eigenvalue weighted by atomic mass is 35.5. The van der Waals surface area contributed by atoms with E-state index in [0.717, 1.165) is 36.9 Å². The van der Waals surface area contributed by atoms with Crippen LogP contribution in [0.4, 0.5) is 4.39 Å². The number of rotatable bonds is 1. The van der Waals surface area contributed by atoms with Crippen molar-refractivity contribution in [2.24, 2.45) is 0 Å². The number of hydrogen-bond acceptors (Lipinski definition) is 2. The fraction of sp³-hybridized carbons (Fsp3) is 0.286. The van der Waals surface area contributed by atoms with Gasteiger partial charge in [0.1, 0.15) is 17.0 Å². The highest BCUT2D eigenvalue weighted by Gasteiger charge is 2.20. The van der Waals surface area contributed by atoms with E-state index in [4.69, 9.17) is 16.9 Å². The first-order valence-corrected chi connectivity index (χ1v) is 6.55. The molecule has 0 spiro atoms. The van der Waals surface area contributed by atoms with E-state index in [1.165, 1.54) is 12.1 Å². The van der Waals surface area contributed by atoms with Gasteiger partial charge in [-0.05, 0) is 37.8 Å². The molecule has 3 nitrogen and oxygen atoms in total. The molecule has 0 saturated heterocycles. The van der Waals surface area contributed by atoms with Crippen molar-refractivity contribution in [1.29, 1.82) is 5.26 Å². The molecule has 1 aliphatic carbocycles. The summed E-state index contributed by atoms with van der Waals surface area (Å²) < 4.78 is 15.2. The fourth-order valence-corrected chi connectivity index (χ4v) is 2.75. The van der Waals surface area contributed by atoms with Crippen LogP contribution in [0.15, 0.2) is 18.2 Å². The Morgan fingerprint density at radius 1 is 1.32 bits per heavy atom. The zero-order valence-corrected chi connectivity index (χ0v) is 10.9. The Bertz CT molecular complexity index is 685. The average molecular weight is 276 g/mol. The summed E-state index contributed by atoms with van der Waals surface area (Å²) in [5.41, 5.74) is 2.64. The van der Waals surface area contributed by atoms with Gasteiger partial charge >= 0.3 is 0 Å². The van der Waals surface area contributed by atoms with Gasteiger partial charge in [0.05, 0.1) is 16.9 Å². The zero-order chi connectivity index (χ0) is 13.4. The Morgan fingerprint density at radius 2 is 2.11 bits per heavy atom. The fourth-order valence-electron chi connectivity index (χ4n) is 2.41. The lowest BCUT2D eigenvalue weighted by atomic mass is 9.99. The maximum atomic E-state index is 13.6. The predicted molar refractivity (Wildman–Crippen MR) is 69.9 cm³/mol. The number of halogens is 2. The molecule has 0 fully saturated rings. The molecule has 0 amide bonds. The Kier molecular flexibility index (Phi) is 3.00. The molecule has 3 rings (SSSR count). The summed E-state index contributed by atoms with van der Waals surface area (Å²) in [4.78, 5) is 0. The summed E-state index contributed by atoms with van der Waals surface area (Å²) >= 11 is 6.32. The molecule has 1 heterocycles. The van der Waals surface area contributed by atoms with Gasteiger partial charge in [-0.25, -0.2) is 9.07 Å². The van der Waals surface area contributed by atoms with Gasteiger partial charge in [-0.2, -0.15) is 10.4 Å². The van der Waals surface area contributed by atoms with Gasteiger partial charge in [0.15, 0.2) is 0 Å². The predicted octanol–water partition coefficient (Wildman–Crippen LogP) is 3.42. The molecule has 0 saturated carbocycles. The van der Waals surface area contributed by atoms with Crippen LogP contribution >= 0.6 is 11.6 Å². The number of aryl methyl sites for hydroxylation is 1. The van der Waals surface area contributed by atoms with E-state index in [1.807, 2.05) is 0 Å². The van der Waals surface area contributed by atoms with E-state index in [0.29, 0.717) is 10.8 Å². The van der Waals surface area contributed by atoms with Crippen molar-refractivity contribution in [3.05, 3.63) is 46.0 Å². The van der Waals surface area contributed by atoms with Gasteiger partial charge in [-0.3, -0.25) is 0 Å². The minimum Gasteiger partial charge on any atom is -0.222 e. The minimum atomic E-state index is -0.551. The van der Waals surface area contributed by atoms with Crippen molar-refractivity contribution in [3.8, 4) is 11.8 Å². The Labute approximate surface area is 115 Å². The summed E-state index contributed by atoms with van der Waals surface area (Å²) in [7, 11) is 0. The molecule has 0 bridgehead atoms. The van der Waals surface area contributed by atoms with Gasteiger partial charge < -0.3 is 0 Å². The second-order valence-corrected chi connectivity index (χ2v) is 4.97. The van der Waals surface area contributed by atoms with Crippen LogP contribution in [0.25, 0.3) is 5.69 Å². The van der Waals surface area contributed by atoms with Crippen LogP contribution in [0, 0.1) is 17.1 Å². The summed E-state index contributed by atoms with van der Waals surface area (Å²) in [6.45, 7) is 0. The van der Waals surface area contributed by atoms with Crippen molar-refractivity contribution < 1.29 is 4.39 Å². The van der Waals surface area contributed by atoms with E-state index in [2.05, 4.69) is 5.10 Å². The molecule has 0 N–H and O–H groups in total.